The van der Waals surface area contributed by atoms with Crippen LogP contribution in [0.2, 0.25) is 0 Å². The average molecular weight is 333 g/mol. The lowest BCUT2D eigenvalue weighted by molar-refractivity contribution is -0.127. The monoisotopic (exact) mass is 333 g/mol. The summed E-state index contributed by atoms with van der Waals surface area (Å²) in [6.45, 7) is 7.69. The van der Waals surface area contributed by atoms with Gasteiger partial charge in [-0.05, 0) is 29.5 Å². The first-order valence-corrected chi connectivity index (χ1v) is 7.96. The number of carbonyl (C=O) groups excluding carboxylic acids is 3. The van der Waals surface area contributed by atoms with Gasteiger partial charge in [0.15, 0.2) is 0 Å². The zero-order valence-electron chi connectivity index (χ0n) is 15.1. The molecule has 0 radical (unpaired) electrons. The Morgan fingerprint density at radius 3 is 2.12 bits per heavy atom. The van der Waals surface area contributed by atoms with Gasteiger partial charge in [0.1, 0.15) is 6.04 Å². The van der Waals surface area contributed by atoms with Crippen LogP contribution in [0, 0.1) is 0 Å². The Morgan fingerprint density at radius 1 is 1.17 bits per heavy atom. The summed E-state index contributed by atoms with van der Waals surface area (Å²) in [6.07, 6.45) is 0.214. The predicted molar refractivity (Wildman–Crippen MR) is 94.6 cm³/mol. The van der Waals surface area contributed by atoms with E-state index in [1.165, 1.54) is 17.4 Å². The molecule has 0 aliphatic heterocycles. The largest absolute Gasteiger partial charge is 0.370 e. The molecule has 1 aromatic rings. The number of amides is 3. The second-order valence-corrected chi connectivity index (χ2v) is 6.95. The van der Waals surface area contributed by atoms with E-state index in [1.807, 2.05) is 24.3 Å². The van der Waals surface area contributed by atoms with Crippen molar-refractivity contribution in [1.82, 2.24) is 5.32 Å². The molecule has 0 bridgehead atoms. The molecule has 0 saturated carbocycles. The summed E-state index contributed by atoms with van der Waals surface area (Å²) < 4.78 is 0. The van der Waals surface area contributed by atoms with Crippen molar-refractivity contribution < 1.29 is 14.4 Å². The van der Waals surface area contributed by atoms with Crippen LogP contribution < -0.4 is 16.0 Å². The van der Waals surface area contributed by atoms with Gasteiger partial charge < -0.3 is 16.0 Å². The molecule has 132 valence electrons. The molecular weight excluding hydrogens is 306 g/mol. The maximum absolute atomic E-state index is 12.6. The van der Waals surface area contributed by atoms with Gasteiger partial charge in [-0.2, -0.15) is 0 Å². The maximum atomic E-state index is 12.6. The standard InChI is InChI=1S/C18H27N3O3/c1-12(22)20-15(10-11-16(19)23)17(24)21(5)14-8-6-13(7-9-14)18(2,3)4/h6-9,15H,10-11H2,1-5H3,(H2,19,23)(H,20,22). The second-order valence-electron chi connectivity index (χ2n) is 6.95. The maximum Gasteiger partial charge on any atom is 0.249 e. The Morgan fingerprint density at radius 2 is 1.71 bits per heavy atom. The molecule has 1 rings (SSSR count). The summed E-state index contributed by atoms with van der Waals surface area (Å²) >= 11 is 0. The van der Waals surface area contributed by atoms with E-state index in [1.54, 1.807) is 7.05 Å². The Kier molecular flexibility index (Phi) is 6.51. The fourth-order valence-corrected chi connectivity index (χ4v) is 2.34. The molecule has 0 saturated heterocycles. The molecule has 1 unspecified atom stereocenters. The molecule has 24 heavy (non-hydrogen) atoms. The van der Waals surface area contributed by atoms with Gasteiger partial charge in [-0.3, -0.25) is 14.4 Å². The van der Waals surface area contributed by atoms with Gasteiger partial charge in [0, 0.05) is 26.1 Å². The molecule has 0 aliphatic carbocycles. The molecule has 3 N–H and O–H groups in total. The van der Waals surface area contributed by atoms with Gasteiger partial charge in [0.25, 0.3) is 0 Å². The number of nitrogens with two attached hydrogens (primary N) is 1. The highest BCUT2D eigenvalue weighted by Crippen LogP contribution is 2.25. The molecule has 1 aromatic carbocycles. The number of primary amides is 1. The molecule has 0 aliphatic rings. The van der Waals surface area contributed by atoms with Crippen molar-refractivity contribution in [2.75, 3.05) is 11.9 Å². The van der Waals surface area contributed by atoms with Crippen molar-refractivity contribution in [3.8, 4) is 0 Å². The SMILES string of the molecule is CC(=O)NC(CCC(N)=O)C(=O)N(C)c1ccc(C(C)(C)C)cc1. The third-order valence-electron chi connectivity index (χ3n) is 3.81. The Labute approximate surface area is 143 Å². The van der Waals surface area contributed by atoms with Crippen LogP contribution in [-0.2, 0) is 19.8 Å². The summed E-state index contributed by atoms with van der Waals surface area (Å²) in [6, 6.07) is 6.93. The molecule has 0 spiro atoms. The van der Waals surface area contributed by atoms with E-state index >= 15 is 0 Å². The molecule has 0 fully saturated rings. The first-order valence-electron chi connectivity index (χ1n) is 7.96. The second kappa shape index (κ2) is 7.95. The summed E-state index contributed by atoms with van der Waals surface area (Å²) in [5.41, 5.74) is 7.06. The van der Waals surface area contributed by atoms with Crippen LogP contribution in [0.25, 0.3) is 0 Å². The quantitative estimate of drug-likeness (QED) is 0.830. The lowest BCUT2D eigenvalue weighted by Gasteiger charge is -2.25. The van der Waals surface area contributed by atoms with E-state index in [0.29, 0.717) is 0 Å². The first-order chi connectivity index (χ1) is 11.0. The van der Waals surface area contributed by atoms with E-state index in [2.05, 4.69) is 26.1 Å². The lowest BCUT2D eigenvalue weighted by atomic mass is 9.87. The number of nitrogens with zero attached hydrogens (tertiary/aromatic N) is 1. The Bertz CT molecular complexity index is 603. The average Bonchev–Trinajstić information content (AvgIpc) is 2.48. The first kappa shape index (κ1) is 19.7. The Hall–Kier alpha value is -2.37. The smallest absolute Gasteiger partial charge is 0.249 e. The molecule has 3 amide bonds. The molecular formula is C18H27N3O3. The number of anilines is 1. The number of benzene rings is 1. The van der Waals surface area contributed by atoms with Crippen LogP contribution in [0.15, 0.2) is 24.3 Å². The van der Waals surface area contributed by atoms with Crippen LogP contribution in [0.5, 0.6) is 0 Å². The minimum atomic E-state index is -0.776. The van der Waals surface area contributed by atoms with Gasteiger partial charge in [-0.25, -0.2) is 0 Å². The molecule has 6 heteroatoms. The van der Waals surface area contributed by atoms with E-state index in [4.69, 9.17) is 5.73 Å². The predicted octanol–water partition coefficient (Wildman–Crippen LogP) is 1.72. The fourth-order valence-electron chi connectivity index (χ4n) is 2.34. The zero-order valence-corrected chi connectivity index (χ0v) is 15.1. The van der Waals surface area contributed by atoms with Gasteiger partial charge in [-0.15, -0.1) is 0 Å². The van der Waals surface area contributed by atoms with E-state index in [9.17, 15) is 14.4 Å². The highest BCUT2D eigenvalue weighted by Gasteiger charge is 2.24. The van der Waals surface area contributed by atoms with Crippen molar-refractivity contribution in [3.63, 3.8) is 0 Å². The summed E-state index contributed by atoms with van der Waals surface area (Å²) in [7, 11) is 1.65. The summed E-state index contributed by atoms with van der Waals surface area (Å²) in [4.78, 5) is 36.4. The molecule has 6 nitrogen and oxygen atoms in total. The highest BCUT2D eigenvalue weighted by atomic mass is 16.2. The molecule has 1 atom stereocenters. The van der Waals surface area contributed by atoms with Crippen LogP contribution in [0.1, 0.15) is 46.1 Å². The third-order valence-corrected chi connectivity index (χ3v) is 3.81. The van der Waals surface area contributed by atoms with Crippen molar-refractivity contribution in [1.29, 1.82) is 0 Å². The van der Waals surface area contributed by atoms with Crippen LogP contribution in [-0.4, -0.2) is 30.8 Å². The zero-order chi connectivity index (χ0) is 18.5. The summed E-state index contributed by atoms with van der Waals surface area (Å²) in [5.74, 6) is -1.11. The minimum absolute atomic E-state index is 0.0291. The molecule has 0 heterocycles. The number of likely N-dealkylation sites (N-methyl/N-ethyl adjacent to an activating group) is 1. The van der Waals surface area contributed by atoms with Gasteiger partial charge >= 0.3 is 0 Å². The van der Waals surface area contributed by atoms with Gasteiger partial charge in [0.05, 0.1) is 0 Å². The number of nitrogens with one attached hydrogen (secondary N) is 1. The van der Waals surface area contributed by atoms with E-state index in [0.717, 1.165) is 5.69 Å². The number of rotatable bonds is 6. The van der Waals surface area contributed by atoms with Crippen LogP contribution in [0.4, 0.5) is 5.69 Å². The van der Waals surface area contributed by atoms with Crippen LogP contribution in [0.3, 0.4) is 0 Å². The van der Waals surface area contributed by atoms with E-state index in [-0.39, 0.29) is 30.1 Å². The van der Waals surface area contributed by atoms with Crippen molar-refractivity contribution in [2.45, 2.75) is 52.0 Å². The van der Waals surface area contributed by atoms with Crippen molar-refractivity contribution >= 4 is 23.4 Å². The minimum Gasteiger partial charge on any atom is -0.370 e. The lowest BCUT2D eigenvalue weighted by Crippen LogP contribution is -2.47. The number of hydrogen-bond acceptors (Lipinski definition) is 3. The van der Waals surface area contributed by atoms with Crippen LogP contribution >= 0.6 is 0 Å². The number of carbonyl (C=O) groups is 3. The third kappa shape index (κ3) is 5.68. The molecule has 0 aromatic heterocycles. The highest BCUT2D eigenvalue weighted by molar-refractivity contribution is 5.98. The van der Waals surface area contributed by atoms with Gasteiger partial charge in [0.2, 0.25) is 17.7 Å². The summed E-state index contributed by atoms with van der Waals surface area (Å²) in [5, 5.41) is 2.58. The number of hydrogen-bond donors (Lipinski definition) is 2. The normalized spacial score (nSPS) is 12.4. The topological polar surface area (TPSA) is 92.5 Å². The fraction of sp³-hybridized carbons (Fsp3) is 0.500. The Balaban J connectivity index is 2.92. The van der Waals surface area contributed by atoms with Crippen molar-refractivity contribution in [3.05, 3.63) is 29.8 Å². The van der Waals surface area contributed by atoms with Crippen molar-refractivity contribution in [2.24, 2.45) is 5.73 Å². The van der Waals surface area contributed by atoms with E-state index < -0.39 is 11.9 Å². The van der Waals surface area contributed by atoms with Gasteiger partial charge in [-0.1, -0.05) is 32.9 Å².